The third-order valence-corrected chi connectivity index (χ3v) is 3.12. The SMILES string of the molecule is Cc1cnccc1NC(=O)c1ccc(C(F)(F)F)cc1Cl. The number of aryl methyl sites for hydroxylation is 1. The Kier molecular flexibility index (Phi) is 4.18. The van der Waals surface area contributed by atoms with Gasteiger partial charge in [0.15, 0.2) is 0 Å². The van der Waals surface area contributed by atoms with Crippen molar-refractivity contribution in [3.8, 4) is 0 Å². The first-order chi connectivity index (χ1) is 9.79. The maximum atomic E-state index is 12.5. The highest BCUT2D eigenvalue weighted by molar-refractivity contribution is 6.34. The van der Waals surface area contributed by atoms with Gasteiger partial charge in [0.05, 0.1) is 16.1 Å². The zero-order valence-corrected chi connectivity index (χ0v) is 11.6. The van der Waals surface area contributed by atoms with Crippen LogP contribution in [-0.4, -0.2) is 10.9 Å². The number of carbonyl (C=O) groups is 1. The number of rotatable bonds is 2. The Bertz CT molecular complexity index is 686. The molecule has 2 rings (SSSR count). The highest BCUT2D eigenvalue weighted by atomic mass is 35.5. The van der Waals surface area contributed by atoms with E-state index in [0.717, 1.165) is 23.8 Å². The molecular formula is C14H10ClF3N2O. The van der Waals surface area contributed by atoms with Crippen LogP contribution < -0.4 is 5.32 Å². The predicted octanol–water partition coefficient (Wildman–Crippen LogP) is 4.31. The van der Waals surface area contributed by atoms with Crippen LogP contribution in [0.2, 0.25) is 5.02 Å². The van der Waals surface area contributed by atoms with Crippen molar-refractivity contribution in [1.82, 2.24) is 4.98 Å². The predicted molar refractivity (Wildman–Crippen MR) is 73.4 cm³/mol. The lowest BCUT2D eigenvalue weighted by Crippen LogP contribution is -2.14. The molecule has 21 heavy (non-hydrogen) atoms. The fourth-order valence-corrected chi connectivity index (χ4v) is 1.95. The minimum Gasteiger partial charge on any atom is -0.322 e. The molecule has 3 nitrogen and oxygen atoms in total. The number of aromatic nitrogens is 1. The van der Waals surface area contributed by atoms with Gasteiger partial charge >= 0.3 is 6.18 Å². The molecule has 110 valence electrons. The van der Waals surface area contributed by atoms with Crippen LogP contribution in [0.4, 0.5) is 18.9 Å². The molecule has 1 aromatic carbocycles. The monoisotopic (exact) mass is 314 g/mol. The second kappa shape index (κ2) is 5.73. The number of nitrogens with zero attached hydrogens (tertiary/aromatic N) is 1. The molecule has 0 unspecified atom stereocenters. The summed E-state index contributed by atoms with van der Waals surface area (Å²) in [5.74, 6) is -0.581. The minimum absolute atomic E-state index is 0.0270. The summed E-state index contributed by atoms with van der Waals surface area (Å²) in [6.45, 7) is 1.75. The quantitative estimate of drug-likeness (QED) is 0.897. The van der Waals surface area contributed by atoms with Gasteiger partial charge in [-0.25, -0.2) is 0 Å². The molecule has 0 saturated heterocycles. The van der Waals surface area contributed by atoms with Crippen LogP contribution in [-0.2, 0) is 6.18 Å². The van der Waals surface area contributed by atoms with E-state index in [1.54, 1.807) is 19.2 Å². The number of carbonyl (C=O) groups excluding carboxylic acids is 1. The van der Waals surface area contributed by atoms with Crippen molar-refractivity contribution in [3.63, 3.8) is 0 Å². The zero-order chi connectivity index (χ0) is 15.6. The van der Waals surface area contributed by atoms with E-state index >= 15 is 0 Å². The van der Waals surface area contributed by atoms with Gasteiger partial charge in [-0.1, -0.05) is 11.6 Å². The number of amides is 1. The van der Waals surface area contributed by atoms with E-state index in [0.29, 0.717) is 5.69 Å². The van der Waals surface area contributed by atoms with Crippen LogP contribution in [0.5, 0.6) is 0 Å². The van der Waals surface area contributed by atoms with Gasteiger partial charge in [0, 0.05) is 18.1 Å². The van der Waals surface area contributed by atoms with Crippen molar-refractivity contribution in [2.24, 2.45) is 0 Å². The first-order valence-electron chi connectivity index (χ1n) is 5.88. The summed E-state index contributed by atoms with van der Waals surface area (Å²) >= 11 is 5.76. The van der Waals surface area contributed by atoms with E-state index in [9.17, 15) is 18.0 Å². The summed E-state index contributed by atoms with van der Waals surface area (Å²) in [5.41, 5.74) is 0.324. The second-order valence-electron chi connectivity index (χ2n) is 4.34. The molecule has 0 radical (unpaired) electrons. The second-order valence-corrected chi connectivity index (χ2v) is 4.74. The molecule has 0 spiro atoms. The van der Waals surface area contributed by atoms with Crippen LogP contribution in [0.15, 0.2) is 36.7 Å². The maximum Gasteiger partial charge on any atom is 0.416 e. The number of pyridine rings is 1. The Balaban J connectivity index is 2.26. The number of alkyl halides is 3. The summed E-state index contributed by atoms with van der Waals surface area (Å²) in [6, 6.07) is 4.19. The number of benzene rings is 1. The molecule has 1 amide bonds. The lowest BCUT2D eigenvalue weighted by molar-refractivity contribution is -0.137. The van der Waals surface area contributed by atoms with Crippen LogP contribution in [0.3, 0.4) is 0 Å². The van der Waals surface area contributed by atoms with Gasteiger partial charge in [-0.05, 0) is 36.8 Å². The third kappa shape index (κ3) is 3.52. The number of nitrogens with one attached hydrogen (secondary N) is 1. The largest absolute Gasteiger partial charge is 0.416 e. The normalized spacial score (nSPS) is 11.3. The van der Waals surface area contributed by atoms with E-state index in [-0.39, 0.29) is 10.6 Å². The summed E-state index contributed by atoms with van der Waals surface area (Å²) < 4.78 is 37.6. The lowest BCUT2D eigenvalue weighted by Gasteiger charge is -2.11. The fourth-order valence-electron chi connectivity index (χ4n) is 1.68. The van der Waals surface area contributed by atoms with Gasteiger partial charge in [-0.15, -0.1) is 0 Å². The van der Waals surface area contributed by atoms with Crippen LogP contribution in [0, 0.1) is 6.92 Å². The molecule has 1 heterocycles. The molecule has 1 aromatic heterocycles. The molecule has 0 aliphatic carbocycles. The van der Waals surface area contributed by atoms with Gasteiger partial charge in [0.25, 0.3) is 5.91 Å². The van der Waals surface area contributed by atoms with Crippen molar-refractivity contribution >= 4 is 23.2 Å². The molecule has 2 aromatic rings. The van der Waals surface area contributed by atoms with Gasteiger partial charge in [0.2, 0.25) is 0 Å². The summed E-state index contributed by atoms with van der Waals surface area (Å²) in [6.07, 6.45) is -1.44. The minimum atomic E-state index is -4.50. The standard InChI is InChI=1S/C14H10ClF3N2O/c1-8-7-19-5-4-12(8)20-13(21)10-3-2-9(6-11(10)15)14(16,17)18/h2-7H,1H3,(H,19,20,21). The smallest absolute Gasteiger partial charge is 0.322 e. The lowest BCUT2D eigenvalue weighted by atomic mass is 10.1. The molecule has 0 saturated carbocycles. The number of hydrogen-bond acceptors (Lipinski definition) is 2. The van der Waals surface area contributed by atoms with E-state index in [4.69, 9.17) is 11.6 Å². The first kappa shape index (κ1) is 15.3. The molecule has 1 N–H and O–H groups in total. The molecule has 0 atom stereocenters. The molecule has 0 aliphatic rings. The Morgan fingerprint density at radius 1 is 1.29 bits per heavy atom. The van der Waals surface area contributed by atoms with Gasteiger partial charge < -0.3 is 5.32 Å². The number of halogens is 4. The topological polar surface area (TPSA) is 42.0 Å². The fraction of sp³-hybridized carbons (Fsp3) is 0.143. The average Bonchev–Trinajstić information content (AvgIpc) is 2.40. The van der Waals surface area contributed by atoms with Crippen molar-refractivity contribution in [2.45, 2.75) is 13.1 Å². The molecule has 0 fully saturated rings. The molecule has 7 heteroatoms. The van der Waals surface area contributed by atoms with Crippen LogP contribution >= 0.6 is 11.6 Å². The number of hydrogen-bond donors (Lipinski definition) is 1. The van der Waals surface area contributed by atoms with Gasteiger partial charge in [0.1, 0.15) is 0 Å². The highest BCUT2D eigenvalue weighted by Gasteiger charge is 2.31. The van der Waals surface area contributed by atoms with Crippen LogP contribution in [0.1, 0.15) is 21.5 Å². The third-order valence-electron chi connectivity index (χ3n) is 2.81. The number of anilines is 1. The maximum absolute atomic E-state index is 12.5. The zero-order valence-electron chi connectivity index (χ0n) is 10.8. The molecule has 0 bridgehead atoms. The van der Waals surface area contributed by atoms with Crippen molar-refractivity contribution in [2.75, 3.05) is 5.32 Å². The summed E-state index contributed by atoms with van der Waals surface area (Å²) in [5, 5.41) is 2.33. The van der Waals surface area contributed by atoms with Gasteiger partial charge in [-0.3, -0.25) is 9.78 Å². The Hall–Kier alpha value is -2.08. The average molecular weight is 315 g/mol. The van der Waals surface area contributed by atoms with Crippen LogP contribution in [0.25, 0.3) is 0 Å². The summed E-state index contributed by atoms with van der Waals surface area (Å²) in [4.78, 5) is 15.9. The van der Waals surface area contributed by atoms with E-state index in [1.165, 1.54) is 6.20 Å². The Labute approximate surface area is 123 Å². The van der Waals surface area contributed by atoms with Crippen molar-refractivity contribution in [3.05, 3.63) is 58.4 Å². The van der Waals surface area contributed by atoms with Gasteiger partial charge in [-0.2, -0.15) is 13.2 Å². The highest BCUT2D eigenvalue weighted by Crippen LogP contribution is 2.32. The molecular weight excluding hydrogens is 305 g/mol. The first-order valence-corrected chi connectivity index (χ1v) is 6.25. The van der Waals surface area contributed by atoms with E-state index in [2.05, 4.69) is 10.3 Å². The summed E-state index contributed by atoms with van der Waals surface area (Å²) in [7, 11) is 0. The van der Waals surface area contributed by atoms with Crippen molar-refractivity contribution < 1.29 is 18.0 Å². The Morgan fingerprint density at radius 3 is 2.57 bits per heavy atom. The Morgan fingerprint density at radius 2 is 2.00 bits per heavy atom. The van der Waals surface area contributed by atoms with E-state index in [1.807, 2.05) is 0 Å². The van der Waals surface area contributed by atoms with Crippen molar-refractivity contribution in [1.29, 1.82) is 0 Å². The molecule has 0 aliphatic heterocycles. The van der Waals surface area contributed by atoms with E-state index < -0.39 is 17.6 Å².